The summed E-state index contributed by atoms with van der Waals surface area (Å²) in [5.74, 6) is 0.142. The summed E-state index contributed by atoms with van der Waals surface area (Å²) in [6, 6.07) is 9.18. The first-order valence-electron chi connectivity index (χ1n) is 9.98. The molecule has 6 heteroatoms. The van der Waals surface area contributed by atoms with Gasteiger partial charge in [0.25, 0.3) is 0 Å². The van der Waals surface area contributed by atoms with Crippen molar-refractivity contribution in [1.82, 2.24) is 5.32 Å². The van der Waals surface area contributed by atoms with Crippen LogP contribution in [0.1, 0.15) is 64.9 Å². The Morgan fingerprint density at radius 1 is 1.11 bits per heavy atom. The number of oxime groups is 1. The number of allylic oxidation sites excluding steroid dienone is 1. The monoisotopic (exact) mass is 386 g/mol. The molecule has 0 aromatic heterocycles. The fraction of sp³-hybridized carbons (Fsp3) is 0.500. The molecule has 0 spiro atoms. The number of unbranched alkanes of at least 4 members (excludes halogenated alkanes) is 5. The molecule has 1 aromatic rings. The number of ether oxygens (including phenoxy) is 1. The van der Waals surface area contributed by atoms with Gasteiger partial charge in [-0.1, -0.05) is 74.5 Å². The first-order chi connectivity index (χ1) is 13.4. The first-order valence-corrected chi connectivity index (χ1v) is 9.98. The highest BCUT2D eigenvalue weighted by molar-refractivity contribution is 6.16. The molecular formula is C22H30N2O4. The molecule has 0 saturated carbocycles. The third-order valence-electron chi connectivity index (χ3n) is 4.52. The molecule has 0 atom stereocenters. The summed E-state index contributed by atoms with van der Waals surface area (Å²) in [7, 11) is 0. The third kappa shape index (κ3) is 6.51. The normalized spacial score (nSPS) is 15.8. The van der Waals surface area contributed by atoms with E-state index in [1.165, 1.54) is 31.8 Å². The molecule has 1 aliphatic rings. The maximum Gasteiger partial charge on any atom is 0.433 e. The number of hydrogen-bond acceptors (Lipinski definition) is 5. The van der Waals surface area contributed by atoms with E-state index in [9.17, 15) is 9.59 Å². The molecule has 0 radical (unpaired) electrons. The molecule has 1 N–H and O–H groups in total. The van der Waals surface area contributed by atoms with E-state index in [1.807, 2.05) is 30.3 Å². The molecule has 1 amide bonds. The average molecular weight is 386 g/mol. The number of ketones is 1. The van der Waals surface area contributed by atoms with Gasteiger partial charge < -0.3 is 10.1 Å². The van der Waals surface area contributed by atoms with Crippen LogP contribution in [-0.2, 0) is 14.4 Å². The van der Waals surface area contributed by atoms with Crippen LogP contribution in [0.25, 0.3) is 0 Å². The van der Waals surface area contributed by atoms with Crippen LogP contribution in [0.5, 0.6) is 0 Å². The van der Waals surface area contributed by atoms with Crippen molar-refractivity contribution >= 4 is 17.6 Å². The molecule has 152 valence electrons. The minimum atomic E-state index is -0.953. The summed E-state index contributed by atoms with van der Waals surface area (Å²) in [6.45, 7) is 6.11. The number of nitrogens with one attached hydrogen (secondary N) is 1. The van der Waals surface area contributed by atoms with Crippen LogP contribution >= 0.6 is 0 Å². The molecule has 1 heterocycles. The lowest BCUT2D eigenvalue weighted by molar-refractivity contribution is -0.126. The van der Waals surface area contributed by atoms with E-state index in [0.717, 1.165) is 12.8 Å². The minimum absolute atomic E-state index is 0.154. The molecular weight excluding hydrogens is 356 g/mol. The zero-order valence-corrected chi connectivity index (χ0v) is 17.0. The average Bonchev–Trinajstić information content (AvgIpc) is 2.94. The van der Waals surface area contributed by atoms with Crippen molar-refractivity contribution in [3.63, 3.8) is 0 Å². The van der Waals surface area contributed by atoms with Crippen molar-refractivity contribution < 1.29 is 19.2 Å². The van der Waals surface area contributed by atoms with Crippen LogP contribution < -0.4 is 5.32 Å². The Morgan fingerprint density at radius 2 is 1.79 bits per heavy atom. The lowest BCUT2D eigenvalue weighted by Gasteiger charge is -2.18. The molecule has 28 heavy (non-hydrogen) atoms. The lowest BCUT2D eigenvalue weighted by Crippen LogP contribution is -2.28. The number of carbonyl (C=O) groups excluding carboxylic acids is 2. The van der Waals surface area contributed by atoms with E-state index < -0.39 is 11.7 Å². The van der Waals surface area contributed by atoms with Crippen molar-refractivity contribution in [3.05, 3.63) is 47.7 Å². The van der Waals surface area contributed by atoms with Crippen LogP contribution in [0.4, 0.5) is 4.79 Å². The minimum Gasteiger partial charge on any atom is -0.477 e. The van der Waals surface area contributed by atoms with Gasteiger partial charge in [-0.2, -0.15) is 0 Å². The molecule has 0 fully saturated rings. The Morgan fingerprint density at radius 3 is 2.43 bits per heavy atom. The number of benzene rings is 1. The second-order valence-electron chi connectivity index (χ2n) is 7.36. The van der Waals surface area contributed by atoms with Gasteiger partial charge >= 0.3 is 6.09 Å². The fourth-order valence-corrected chi connectivity index (χ4v) is 2.82. The topological polar surface area (TPSA) is 77.0 Å². The summed E-state index contributed by atoms with van der Waals surface area (Å²) in [6.07, 6.45) is 7.64. The molecule has 1 aromatic carbocycles. The summed E-state index contributed by atoms with van der Waals surface area (Å²) in [5, 5.41) is 6.67. The van der Waals surface area contributed by atoms with Gasteiger partial charge in [-0.15, -0.1) is 0 Å². The van der Waals surface area contributed by atoms with E-state index in [4.69, 9.17) is 9.57 Å². The maximum absolute atomic E-state index is 12.1. The largest absolute Gasteiger partial charge is 0.477 e. The second kappa shape index (κ2) is 10.6. The van der Waals surface area contributed by atoms with E-state index in [1.54, 1.807) is 13.8 Å². The Hall–Kier alpha value is -2.63. The van der Waals surface area contributed by atoms with Crippen molar-refractivity contribution in [2.75, 3.05) is 6.54 Å². The number of carbonyl (C=O) groups is 2. The highest BCUT2D eigenvalue weighted by atomic mass is 16.7. The van der Waals surface area contributed by atoms with Gasteiger partial charge in [-0.05, 0) is 20.3 Å². The first kappa shape index (κ1) is 21.7. The molecule has 6 nitrogen and oxygen atoms in total. The summed E-state index contributed by atoms with van der Waals surface area (Å²) in [4.78, 5) is 29.1. The summed E-state index contributed by atoms with van der Waals surface area (Å²) in [5.41, 5.74) is 0.0579. The third-order valence-corrected chi connectivity index (χ3v) is 4.52. The lowest BCUT2D eigenvalue weighted by atomic mass is 10.1. The Kier molecular flexibility index (Phi) is 8.23. The van der Waals surface area contributed by atoms with Crippen LogP contribution in [0.2, 0.25) is 0 Å². The van der Waals surface area contributed by atoms with Gasteiger partial charge in [0.2, 0.25) is 5.78 Å². The van der Waals surface area contributed by atoms with Crippen LogP contribution in [0.3, 0.4) is 0 Å². The van der Waals surface area contributed by atoms with E-state index in [2.05, 4.69) is 17.4 Å². The van der Waals surface area contributed by atoms with Crippen LogP contribution in [0, 0.1) is 0 Å². The zero-order valence-electron chi connectivity index (χ0n) is 17.0. The van der Waals surface area contributed by atoms with E-state index in [0.29, 0.717) is 23.6 Å². The summed E-state index contributed by atoms with van der Waals surface area (Å²) < 4.78 is 5.72. The predicted molar refractivity (Wildman–Crippen MR) is 109 cm³/mol. The van der Waals surface area contributed by atoms with Crippen molar-refractivity contribution in [2.24, 2.45) is 5.16 Å². The van der Waals surface area contributed by atoms with Crippen LogP contribution in [-0.4, -0.2) is 29.7 Å². The van der Waals surface area contributed by atoms with Crippen molar-refractivity contribution in [1.29, 1.82) is 0 Å². The SMILES string of the molecule is CCCCCCCCNC(=O)ON=C(C1=CC(=O)C(C)(C)O1)c1ccccc1. The van der Waals surface area contributed by atoms with Gasteiger partial charge in [0.1, 0.15) is 0 Å². The molecule has 0 saturated heterocycles. The van der Waals surface area contributed by atoms with Gasteiger partial charge in [0.15, 0.2) is 17.1 Å². The number of amides is 1. The maximum atomic E-state index is 12.1. The summed E-state index contributed by atoms with van der Waals surface area (Å²) >= 11 is 0. The Labute approximate surface area is 167 Å². The van der Waals surface area contributed by atoms with E-state index >= 15 is 0 Å². The highest BCUT2D eigenvalue weighted by Gasteiger charge is 2.37. The van der Waals surface area contributed by atoms with Crippen molar-refractivity contribution in [3.8, 4) is 0 Å². The number of rotatable bonds is 10. The Bertz CT molecular complexity index is 723. The molecule has 0 aliphatic carbocycles. The fourth-order valence-electron chi connectivity index (χ4n) is 2.82. The van der Waals surface area contributed by atoms with Gasteiger partial charge in [-0.3, -0.25) is 9.63 Å². The highest BCUT2D eigenvalue weighted by Crippen LogP contribution is 2.27. The molecule has 0 unspecified atom stereocenters. The Balaban J connectivity index is 1.93. The van der Waals surface area contributed by atoms with Gasteiger partial charge in [0.05, 0.1) is 0 Å². The van der Waals surface area contributed by atoms with Crippen LogP contribution in [0.15, 0.2) is 47.3 Å². The molecule has 1 aliphatic heterocycles. The predicted octanol–water partition coefficient (Wildman–Crippen LogP) is 4.74. The van der Waals surface area contributed by atoms with Gasteiger partial charge in [-0.25, -0.2) is 4.79 Å². The van der Waals surface area contributed by atoms with Gasteiger partial charge in [0, 0.05) is 18.2 Å². The quantitative estimate of drug-likeness (QED) is 0.273. The zero-order chi connectivity index (χ0) is 20.4. The van der Waals surface area contributed by atoms with Crippen molar-refractivity contribution in [2.45, 2.75) is 64.9 Å². The smallest absolute Gasteiger partial charge is 0.433 e. The standard InChI is InChI=1S/C22H30N2O4/c1-4-5-6-7-8-12-15-23-21(26)28-24-20(17-13-10-9-11-14-17)18-16-19(25)22(2,3)27-18/h9-11,13-14,16H,4-8,12,15H2,1-3H3,(H,23,26). The second-order valence-corrected chi connectivity index (χ2v) is 7.36. The number of nitrogens with zero attached hydrogens (tertiary/aromatic N) is 1. The van der Waals surface area contributed by atoms with E-state index in [-0.39, 0.29) is 5.78 Å². The molecule has 0 bridgehead atoms. The molecule has 2 rings (SSSR count). The number of hydrogen-bond donors (Lipinski definition) is 1.